The van der Waals surface area contributed by atoms with E-state index in [-0.39, 0.29) is 30.2 Å². The van der Waals surface area contributed by atoms with Crippen molar-refractivity contribution in [1.82, 2.24) is 4.90 Å². The van der Waals surface area contributed by atoms with Crippen molar-refractivity contribution in [2.45, 2.75) is 19.4 Å². The number of nitrogens with two attached hydrogens (primary N) is 1. The van der Waals surface area contributed by atoms with Crippen molar-refractivity contribution in [1.29, 1.82) is 0 Å². The van der Waals surface area contributed by atoms with E-state index < -0.39 is 0 Å². The van der Waals surface area contributed by atoms with E-state index in [0.29, 0.717) is 25.3 Å². The predicted molar refractivity (Wildman–Crippen MR) is 75.0 cm³/mol. The average Bonchev–Trinajstić information content (AvgIpc) is 2.30. The van der Waals surface area contributed by atoms with Gasteiger partial charge in [0, 0.05) is 19.5 Å². The second-order valence-corrected chi connectivity index (χ2v) is 4.30. The van der Waals surface area contributed by atoms with Crippen LogP contribution in [0.1, 0.15) is 13.3 Å². The van der Waals surface area contributed by atoms with E-state index in [9.17, 15) is 9.18 Å². The summed E-state index contributed by atoms with van der Waals surface area (Å²) >= 11 is 0. The highest BCUT2D eigenvalue weighted by Crippen LogP contribution is 2.10. The molecule has 6 heteroatoms. The molecule has 1 aromatic carbocycles. The van der Waals surface area contributed by atoms with Gasteiger partial charge in [0.15, 0.2) is 0 Å². The lowest BCUT2D eigenvalue weighted by Gasteiger charge is -2.18. The van der Waals surface area contributed by atoms with Crippen molar-refractivity contribution in [3.8, 4) is 5.75 Å². The lowest BCUT2D eigenvalue weighted by atomic mass is 10.2. The Labute approximate surface area is 119 Å². The summed E-state index contributed by atoms with van der Waals surface area (Å²) in [6.45, 7) is 2.64. The van der Waals surface area contributed by atoms with Gasteiger partial charge >= 0.3 is 0 Å². The molecule has 1 unspecified atom stereocenters. The van der Waals surface area contributed by atoms with Gasteiger partial charge in [-0.15, -0.1) is 12.4 Å². The monoisotopic (exact) mass is 290 g/mol. The third-order valence-electron chi connectivity index (χ3n) is 2.43. The standard InChI is InChI=1S/C13H19FN2O2.ClH/c1-10(15)9-13(17)16(2)7-8-18-12-5-3-11(14)4-6-12;/h3-6,10H,7-9,15H2,1-2H3;1H. The molecule has 0 radical (unpaired) electrons. The molecule has 0 aromatic heterocycles. The molecule has 4 nitrogen and oxygen atoms in total. The Bertz CT molecular complexity index is 385. The largest absolute Gasteiger partial charge is 0.492 e. The third-order valence-corrected chi connectivity index (χ3v) is 2.43. The fourth-order valence-corrected chi connectivity index (χ4v) is 1.39. The quantitative estimate of drug-likeness (QED) is 0.869. The van der Waals surface area contributed by atoms with E-state index in [2.05, 4.69) is 0 Å². The first-order chi connectivity index (χ1) is 8.49. The van der Waals surface area contributed by atoms with E-state index in [1.807, 2.05) is 0 Å². The van der Waals surface area contributed by atoms with Crippen molar-refractivity contribution < 1.29 is 13.9 Å². The number of carbonyl (C=O) groups excluding carboxylic acids is 1. The molecule has 0 heterocycles. The molecule has 0 saturated heterocycles. The molecule has 0 fully saturated rings. The maximum Gasteiger partial charge on any atom is 0.223 e. The van der Waals surface area contributed by atoms with Gasteiger partial charge in [0.05, 0.1) is 6.54 Å². The average molecular weight is 291 g/mol. The van der Waals surface area contributed by atoms with E-state index in [4.69, 9.17) is 10.5 Å². The Hall–Kier alpha value is -1.33. The molecule has 0 aliphatic carbocycles. The molecule has 1 aromatic rings. The normalized spacial score (nSPS) is 11.4. The van der Waals surface area contributed by atoms with Gasteiger partial charge in [0.2, 0.25) is 5.91 Å². The molecule has 0 spiro atoms. The summed E-state index contributed by atoms with van der Waals surface area (Å²) in [6, 6.07) is 5.64. The molecule has 0 aliphatic rings. The number of rotatable bonds is 6. The zero-order chi connectivity index (χ0) is 13.5. The van der Waals surface area contributed by atoms with Crippen LogP contribution in [-0.2, 0) is 4.79 Å². The summed E-state index contributed by atoms with van der Waals surface area (Å²) in [7, 11) is 1.71. The minimum Gasteiger partial charge on any atom is -0.492 e. The summed E-state index contributed by atoms with van der Waals surface area (Å²) < 4.78 is 18.0. The highest BCUT2D eigenvalue weighted by molar-refractivity contribution is 5.85. The van der Waals surface area contributed by atoms with Gasteiger partial charge in [-0.25, -0.2) is 4.39 Å². The number of likely N-dealkylation sites (N-methyl/N-ethyl adjacent to an activating group) is 1. The van der Waals surface area contributed by atoms with Crippen LogP contribution in [0.3, 0.4) is 0 Å². The minimum absolute atomic E-state index is 0. The number of hydrogen-bond acceptors (Lipinski definition) is 3. The number of hydrogen-bond donors (Lipinski definition) is 1. The van der Waals surface area contributed by atoms with Crippen LogP contribution in [0.25, 0.3) is 0 Å². The van der Waals surface area contributed by atoms with Gasteiger partial charge in [0.25, 0.3) is 0 Å². The second kappa shape index (κ2) is 8.72. The highest BCUT2D eigenvalue weighted by atomic mass is 35.5. The van der Waals surface area contributed by atoms with Gasteiger partial charge in [-0.05, 0) is 31.2 Å². The fraction of sp³-hybridized carbons (Fsp3) is 0.462. The number of amides is 1. The molecule has 1 rings (SSSR count). The zero-order valence-electron chi connectivity index (χ0n) is 11.1. The van der Waals surface area contributed by atoms with Crippen LogP contribution in [0.15, 0.2) is 24.3 Å². The fourth-order valence-electron chi connectivity index (χ4n) is 1.39. The van der Waals surface area contributed by atoms with Gasteiger partial charge in [-0.3, -0.25) is 4.79 Å². The lowest BCUT2D eigenvalue weighted by Crippen LogP contribution is -2.34. The van der Waals surface area contributed by atoms with Gasteiger partial charge < -0.3 is 15.4 Å². The van der Waals surface area contributed by atoms with Crippen LogP contribution < -0.4 is 10.5 Å². The number of ether oxygens (including phenoxy) is 1. The summed E-state index contributed by atoms with van der Waals surface area (Å²) in [4.78, 5) is 13.2. The third kappa shape index (κ3) is 6.98. The summed E-state index contributed by atoms with van der Waals surface area (Å²) in [5.74, 6) is 0.281. The van der Waals surface area contributed by atoms with E-state index in [1.54, 1.807) is 31.0 Å². The molecule has 1 amide bonds. The van der Waals surface area contributed by atoms with Crippen LogP contribution in [0.4, 0.5) is 4.39 Å². The molecule has 2 N–H and O–H groups in total. The molecule has 1 atom stereocenters. The first kappa shape index (κ1) is 17.7. The lowest BCUT2D eigenvalue weighted by molar-refractivity contribution is -0.130. The number of benzene rings is 1. The smallest absolute Gasteiger partial charge is 0.223 e. The molecular formula is C13H20ClFN2O2. The van der Waals surface area contributed by atoms with Crippen molar-refractivity contribution in [3.05, 3.63) is 30.1 Å². The van der Waals surface area contributed by atoms with Crippen LogP contribution in [0, 0.1) is 5.82 Å². The molecule has 19 heavy (non-hydrogen) atoms. The van der Waals surface area contributed by atoms with Gasteiger partial charge in [-0.2, -0.15) is 0 Å². The molecular weight excluding hydrogens is 271 g/mol. The first-order valence-electron chi connectivity index (χ1n) is 5.87. The Morgan fingerprint density at radius 1 is 1.42 bits per heavy atom. The second-order valence-electron chi connectivity index (χ2n) is 4.30. The van der Waals surface area contributed by atoms with Crippen molar-refractivity contribution >= 4 is 18.3 Å². The molecule has 108 valence electrons. The highest BCUT2D eigenvalue weighted by Gasteiger charge is 2.10. The maximum atomic E-state index is 12.6. The van der Waals surface area contributed by atoms with E-state index in [0.717, 1.165) is 0 Å². The van der Waals surface area contributed by atoms with Crippen LogP contribution in [-0.4, -0.2) is 37.0 Å². The summed E-state index contributed by atoms with van der Waals surface area (Å²) in [6.07, 6.45) is 0.326. The van der Waals surface area contributed by atoms with Crippen LogP contribution in [0.5, 0.6) is 5.75 Å². The zero-order valence-corrected chi connectivity index (χ0v) is 12.0. The van der Waals surface area contributed by atoms with Crippen molar-refractivity contribution in [2.24, 2.45) is 5.73 Å². The SMILES string of the molecule is CC(N)CC(=O)N(C)CCOc1ccc(F)cc1.Cl. The predicted octanol–water partition coefficient (Wildman–Crippen LogP) is 1.82. The Balaban J connectivity index is 0.00000324. The Kier molecular flexibility index (Phi) is 8.11. The van der Waals surface area contributed by atoms with E-state index in [1.165, 1.54) is 12.1 Å². The van der Waals surface area contributed by atoms with E-state index >= 15 is 0 Å². The Morgan fingerprint density at radius 2 is 2.00 bits per heavy atom. The summed E-state index contributed by atoms with van der Waals surface area (Å²) in [5.41, 5.74) is 5.55. The first-order valence-corrected chi connectivity index (χ1v) is 5.87. The van der Waals surface area contributed by atoms with Crippen LogP contribution >= 0.6 is 12.4 Å². The number of nitrogens with zero attached hydrogens (tertiary/aromatic N) is 1. The van der Waals surface area contributed by atoms with Crippen molar-refractivity contribution in [3.63, 3.8) is 0 Å². The maximum absolute atomic E-state index is 12.6. The number of carbonyl (C=O) groups is 1. The molecule has 0 bridgehead atoms. The van der Waals surface area contributed by atoms with Gasteiger partial charge in [-0.1, -0.05) is 0 Å². The number of halogens is 2. The molecule has 0 saturated carbocycles. The Morgan fingerprint density at radius 3 is 2.53 bits per heavy atom. The molecule has 0 aliphatic heterocycles. The van der Waals surface area contributed by atoms with Crippen molar-refractivity contribution in [2.75, 3.05) is 20.2 Å². The minimum atomic E-state index is -0.299. The van der Waals surface area contributed by atoms with Crippen LogP contribution in [0.2, 0.25) is 0 Å². The van der Waals surface area contributed by atoms with Gasteiger partial charge in [0.1, 0.15) is 18.2 Å². The topological polar surface area (TPSA) is 55.6 Å². The summed E-state index contributed by atoms with van der Waals surface area (Å²) in [5, 5.41) is 0.